The molecule has 0 aromatic carbocycles. The Morgan fingerprint density at radius 2 is 1.00 bits per heavy atom. The van der Waals surface area contributed by atoms with Crippen molar-refractivity contribution < 1.29 is 0 Å². The second kappa shape index (κ2) is 5.12. The topological polar surface area (TPSA) is 0 Å². The Kier molecular flexibility index (Phi) is 3.37. The van der Waals surface area contributed by atoms with Crippen LogP contribution in [-0.4, -0.2) is 8.07 Å². The maximum atomic E-state index is 2.56. The van der Waals surface area contributed by atoms with Gasteiger partial charge >= 0.3 is 0 Å². The molecule has 0 nitrogen and oxygen atoms in total. The van der Waals surface area contributed by atoms with Crippen LogP contribution in [0.2, 0.25) is 13.1 Å². The Hall–Kier alpha value is -0.823. The molecular formula is C20H26Si. The van der Waals surface area contributed by atoms with E-state index in [-0.39, 0.29) is 0 Å². The van der Waals surface area contributed by atoms with Gasteiger partial charge in [-0.1, -0.05) is 46.8 Å². The maximum absolute atomic E-state index is 2.56. The van der Waals surface area contributed by atoms with Crippen LogP contribution in [0, 0.1) is 12.8 Å². The fraction of sp³-hybridized carbons (Fsp3) is 0.500. The minimum absolute atomic E-state index is 1.32. The van der Waals surface area contributed by atoms with Gasteiger partial charge in [0.25, 0.3) is 0 Å². The number of hydrogen-bond donors (Lipinski definition) is 0. The molecule has 2 radical (unpaired) electrons. The van der Waals surface area contributed by atoms with Crippen molar-refractivity contribution in [1.82, 2.24) is 0 Å². The van der Waals surface area contributed by atoms with Crippen LogP contribution in [0.25, 0.3) is 0 Å². The Bertz CT molecular complexity index is 543. The van der Waals surface area contributed by atoms with Gasteiger partial charge in [-0.2, -0.15) is 0 Å². The van der Waals surface area contributed by atoms with Crippen molar-refractivity contribution in [2.24, 2.45) is 0 Å². The number of hydrogen-bond acceptors (Lipinski definition) is 0. The van der Waals surface area contributed by atoms with Crippen LogP contribution >= 0.6 is 0 Å². The first-order chi connectivity index (χ1) is 10.1. The van der Waals surface area contributed by atoms with Crippen molar-refractivity contribution in [2.45, 2.75) is 64.5 Å². The second-order valence-corrected chi connectivity index (χ2v) is 12.0. The van der Waals surface area contributed by atoms with E-state index in [1.54, 1.807) is 32.7 Å². The molecule has 0 amide bonds. The molecule has 0 atom stereocenters. The smallest absolute Gasteiger partial charge is 0.0682 e. The van der Waals surface area contributed by atoms with Crippen molar-refractivity contribution >= 4 is 8.07 Å². The van der Waals surface area contributed by atoms with Gasteiger partial charge in [-0.15, -0.1) is 0 Å². The third-order valence-corrected chi connectivity index (χ3v) is 9.34. The molecule has 0 saturated heterocycles. The highest BCUT2D eigenvalue weighted by atomic mass is 28.3. The predicted octanol–water partition coefficient (Wildman–Crippen LogP) is 5.80. The van der Waals surface area contributed by atoms with Gasteiger partial charge in [-0.05, 0) is 62.5 Å². The summed E-state index contributed by atoms with van der Waals surface area (Å²) in [6, 6.07) is 0. The van der Waals surface area contributed by atoms with Crippen LogP contribution in [0.1, 0.15) is 51.4 Å². The van der Waals surface area contributed by atoms with Gasteiger partial charge in [-0.25, -0.2) is 0 Å². The summed E-state index contributed by atoms with van der Waals surface area (Å²) in [5, 5.41) is 3.36. The molecule has 4 aliphatic rings. The van der Waals surface area contributed by atoms with Crippen molar-refractivity contribution in [3.63, 3.8) is 0 Å². The summed E-state index contributed by atoms with van der Waals surface area (Å²) in [7, 11) is -1.49. The maximum Gasteiger partial charge on any atom is 0.104 e. The summed E-state index contributed by atoms with van der Waals surface area (Å²) < 4.78 is 0. The Labute approximate surface area is 130 Å². The average Bonchev–Trinajstić information content (AvgIpc) is 3.11. The second-order valence-electron chi connectivity index (χ2n) is 7.63. The molecule has 0 heterocycles. The molecule has 21 heavy (non-hydrogen) atoms. The molecular weight excluding hydrogens is 268 g/mol. The third-order valence-electron chi connectivity index (χ3n) is 5.87. The summed E-state index contributed by atoms with van der Waals surface area (Å²) >= 11 is 0. The summed E-state index contributed by atoms with van der Waals surface area (Å²) in [6.45, 7) is 5.10. The van der Waals surface area contributed by atoms with Crippen molar-refractivity contribution in [1.29, 1.82) is 0 Å². The molecule has 0 saturated carbocycles. The van der Waals surface area contributed by atoms with Gasteiger partial charge in [-0.3, -0.25) is 0 Å². The van der Waals surface area contributed by atoms with E-state index in [0.717, 1.165) is 0 Å². The lowest BCUT2D eigenvalue weighted by molar-refractivity contribution is 0.693. The molecule has 4 aliphatic carbocycles. The standard InChI is InChI=1S/C20H26Si/c1-21(2,19-11-15-7-3-4-8-16(15)12-19)20-13-17-9-5-6-10-18(17)14-20/h11-14H,3-10H2,1-2H3. The van der Waals surface area contributed by atoms with Gasteiger partial charge in [0.05, 0.1) is 0 Å². The summed E-state index contributed by atoms with van der Waals surface area (Å²) in [6.07, 6.45) is 21.1. The molecule has 110 valence electrons. The molecule has 0 aromatic heterocycles. The SMILES string of the molecule is C[Si](C)(C1=CC2=C([CH]1)CCCC2)C1=CC2=C([CH]1)CCCC2. The lowest BCUT2D eigenvalue weighted by Crippen LogP contribution is -2.32. The van der Waals surface area contributed by atoms with Crippen LogP contribution in [0.5, 0.6) is 0 Å². The van der Waals surface area contributed by atoms with Crippen LogP contribution < -0.4 is 0 Å². The quantitative estimate of drug-likeness (QED) is 0.564. The van der Waals surface area contributed by atoms with Crippen LogP contribution in [-0.2, 0) is 0 Å². The van der Waals surface area contributed by atoms with E-state index in [0.29, 0.717) is 0 Å². The first-order valence-corrected chi connectivity index (χ1v) is 11.7. The highest BCUT2D eigenvalue weighted by Crippen LogP contribution is 2.44. The lowest BCUT2D eigenvalue weighted by atomic mass is 9.94. The van der Waals surface area contributed by atoms with E-state index in [1.807, 2.05) is 0 Å². The summed E-state index contributed by atoms with van der Waals surface area (Å²) in [4.78, 5) is 0. The molecule has 1 heteroatoms. The number of rotatable bonds is 2. The molecule has 0 bridgehead atoms. The monoisotopic (exact) mass is 294 g/mol. The van der Waals surface area contributed by atoms with Crippen molar-refractivity contribution in [2.75, 3.05) is 0 Å². The van der Waals surface area contributed by atoms with Gasteiger partial charge in [0, 0.05) is 12.8 Å². The zero-order chi connectivity index (χ0) is 14.4. The highest BCUT2D eigenvalue weighted by Gasteiger charge is 2.37. The molecule has 0 aliphatic heterocycles. The van der Waals surface area contributed by atoms with Crippen molar-refractivity contribution in [3.8, 4) is 0 Å². The van der Waals surface area contributed by atoms with Gasteiger partial charge < -0.3 is 0 Å². The van der Waals surface area contributed by atoms with E-state index in [1.165, 1.54) is 51.4 Å². The molecule has 0 aromatic rings. The van der Waals surface area contributed by atoms with E-state index in [4.69, 9.17) is 0 Å². The fourth-order valence-corrected chi connectivity index (χ4v) is 6.76. The van der Waals surface area contributed by atoms with Crippen LogP contribution in [0.15, 0.2) is 44.8 Å². The fourth-order valence-electron chi connectivity index (χ4n) is 4.29. The first kappa shape index (κ1) is 13.8. The van der Waals surface area contributed by atoms with Crippen LogP contribution in [0.4, 0.5) is 0 Å². The molecule has 0 fully saturated rings. The highest BCUT2D eigenvalue weighted by molar-refractivity contribution is 6.91. The zero-order valence-corrected chi connectivity index (χ0v) is 14.5. The minimum Gasteiger partial charge on any atom is -0.0682 e. The lowest BCUT2D eigenvalue weighted by Gasteiger charge is -2.27. The van der Waals surface area contributed by atoms with Gasteiger partial charge in [0.2, 0.25) is 0 Å². The molecule has 0 unspecified atom stereocenters. The van der Waals surface area contributed by atoms with E-state index < -0.39 is 8.07 Å². The van der Waals surface area contributed by atoms with Gasteiger partial charge in [0.1, 0.15) is 8.07 Å². The van der Waals surface area contributed by atoms with Crippen molar-refractivity contribution in [3.05, 3.63) is 57.7 Å². The Balaban J connectivity index is 1.56. The normalized spacial score (nSPS) is 25.8. The van der Waals surface area contributed by atoms with Gasteiger partial charge in [0.15, 0.2) is 0 Å². The largest absolute Gasteiger partial charge is 0.104 e. The average molecular weight is 295 g/mol. The summed E-state index contributed by atoms with van der Waals surface area (Å²) in [5.74, 6) is 0. The minimum atomic E-state index is -1.49. The van der Waals surface area contributed by atoms with E-state index in [9.17, 15) is 0 Å². The third kappa shape index (κ3) is 2.34. The molecule has 0 N–H and O–H groups in total. The van der Waals surface area contributed by atoms with Crippen LogP contribution in [0.3, 0.4) is 0 Å². The van der Waals surface area contributed by atoms with E-state index in [2.05, 4.69) is 38.1 Å². The van der Waals surface area contributed by atoms with E-state index >= 15 is 0 Å². The molecule has 0 spiro atoms. The predicted molar refractivity (Wildman–Crippen MR) is 93.2 cm³/mol. The summed E-state index contributed by atoms with van der Waals surface area (Å²) in [5.41, 5.74) is 6.64. The molecule has 4 rings (SSSR count). The zero-order valence-electron chi connectivity index (χ0n) is 13.5. The Morgan fingerprint density at radius 1 is 0.619 bits per heavy atom. The number of allylic oxidation sites excluding steroid dienone is 8. The first-order valence-electron chi connectivity index (χ1n) is 8.72. The Morgan fingerprint density at radius 3 is 1.38 bits per heavy atom.